The Bertz CT molecular complexity index is 938. The molecule has 0 unspecified atom stereocenters. The molecule has 1 aliphatic rings. The summed E-state index contributed by atoms with van der Waals surface area (Å²) in [4.78, 5) is 35.7. The van der Waals surface area contributed by atoms with E-state index in [0.717, 1.165) is 47.5 Å². The summed E-state index contributed by atoms with van der Waals surface area (Å²) in [6, 6.07) is 7.31. The SMILES string of the molecule is NC(=O)Nc1cc(-c2ccc(OCC[C@H](N)C(=O)OC3CCCC3)cc2)sc1C(N)=O. The molecule has 1 atom stereocenters. The number of carbonyl (C=O) groups is 3. The van der Waals surface area contributed by atoms with Gasteiger partial charge in [-0.15, -0.1) is 11.3 Å². The van der Waals surface area contributed by atoms with Gasteiger partial charge in [0.1, 0.15) is 22.8 Å². The number of rotatable bonds is 9. The van der Waals surface area contributed by atoms with Crippen molar-refractivity contribution in [3.8, 4) is 16.2 Å². The standard InChI is InChI=1S/C21H26N4O5S/c22-15(20(27)30-14-3-1-2-4-14)9-10-29-13-7-5-12(6-8-13)17-11-16(25-21(24)28)18(31-17)19(23)26/h5-8,11,14-15H,1-4,9-10,22H2,(H2,23,26)(H3,24,25,28)/t15-/m0/s1. The van der Waals surface area contributed by atoms with Gasteiger partial charge < -0.3 is 32.0 Å². The van der Waals surface area contributed by atoms with Crippen LogP contribution in [0.4, 0.5) is 10.5 Å². The molecular formula is C21H26N4O5S. The average Bonchev–Trinajstić information content (AvgIpc) is 3.38. The fourth-order valence-corrected chi connectivity index (χ4v) is 4.31. The molecule has 1 heterocycles. The minimum Gasteiger partial charge on any atom is -0.494 e. The lowest BCUT2D eigenvalue weighted by molar-refractivity contribution is -0.150. The Labute approximate surface area is 183 Å². The zero-order chi connectivity index (χ0) is 22.4. The van der Waals surface area contributed by atoms with Crippen LogP contribution in [0.2, 0.25) is 0 Å². The highest BCUT2D eigenvalue weighted by molar-refractivity contribution is 7.18. The first-order valence-electron chi connectivity index (χ1n) is 10.0. The summed E-state index contributed by atoms with van der Waals surface area (Å²) < 4.78 is 11.1. The van der Waals surface area contributed by atoms with Gasteiger partial charge in [0.15, 0.2) is 0 Å². The van der Waals surface area contributed by atoms with Crippen molar-refractivity contribution in [3.63, 3.8) is 0 Å². The average molecular weight is 447 g/mol. The molecule has 166 valence electrons. The minimum atomic E-state index is -0.777. The lowest BCUT2D eigenvalue weighted by Crippen LogP contribution is -2.35. The second kappa shape index (κ2) is 10.3. The van der Waals surface area contributed by atoms with Gasteiger partial charge in [0.2, 0.25) is 0 Å². The molecule has 1 fully saturated rings. The van der Waals surface area contributed by atoms with Crippen LogP contribution in [0.15, 0.2) is 30.3 Å². The highest BCUT2D eigenvalue weighted by Crippen LogP contribution is 2.35. The van der Waals surface area contributed by atoms with Crippen LogP contribution in [-0.2, 0) is 9.53 Å². The normalized spacial score (nSPS) is 14.7. The van der Waals surface area contributed by atoms with Crippen molar-refractivity contribution >= 4 is 34.9 Å². The number of benzene rings is 1. The number of nitrogens with one attached hydrogen (secondary N) is 1. The van der Waals surface area contributed by atoms with Gasteiger partial charge in [-0.1, -0.05) is 0 Å². The number of nitrogens with two attached hydrogens (primary N) is 3. The summed E-state index contributed by atoms with van der Waals surface area (Å²) in [7, 11) is 0. The number of urea groups is 1. The lowest BCUT2D eigenvalue weighted by atomic mass is 10.1. The van der Waals surface area contributed by atoms with E-state index in [2.05, 4.69) is 5.32 Å². The van der Waals surface area contributed by atoms with Gasteiger partial charge in [-0.05, 0) is 61.6 Å². The van der Waals surface area contributed by atoms with E-state index in [1.54, 1.807) is 18.2 Å². The number of hydrogen-bond acceptors (Lipinski definition) is 7. The topological polar surface area (TPSA) is 160 Å². The predicted octanol–water partition coefficient (Wildman–Crippen LogP) is 2.59. The maximum Gasteiger partial charge on any atom is 0.323 e. The van der Waals surface area contributed by atoms with Gasteiger partial charge in [0, 0.05) is 11.3 Å². The summed E-state index contributed by atoms with van der Waals surface area (Å²) in [6.07, 6.45) is 4.34. The molecule has 1 aromatic carbocycles. The van der Waals surface area contributed by atoms with E-state index in [9.17, 15) is 14.4 Å². The number of esters is 1. The summed E-state index contributed by atoms with van der Waals surface area (Å²) in [6.45, 7) is 0.276. The number of primary amides is 2. The molecule has 3 amide bonds. The highest BCUT2D eigenvalue weighted by Gasteiger charge is 2.23. The molecule has 2 aromatic rings. The monoisotopic (exact) mass is 446 g/mol. The molecule has 0 saturated heterocycles. The van der Waals surface area contributed by atoms with E-state index < -0.39 is 18.0 Å². The zero-order valence-electron chi connectivity index (χ0n) is 17.0. The molecule has 7 N–H and O–H groups in total. The second-order valence-electron chi connectivity index (χ2n) is 7.32. The third kappa shape index (κ3) is 6.19. The molecule has 1 aliphatic carbocycles. The fraction of sp³-hybridized carbons (Fsp3) is 0.381. The van der Waals surface area contributed by atoms with Gasteiger partial charge >= 0.3 is 12.0 Å². The summed E-state index contributed by atoms with van der Waals surface area (Å²) in [5, 5.41) is 2.40. The quantitative estimate of drug-likeness (QED) is 0.433. The molecule has 31 heavy (non-hydrogen) atoms. The van der Waals surface area contributed by atoms with Crippen molar-refractivity contribution in [3.05, 3.63) is 35.2 Å². The van der Waals surface area contributed by atoms with Crippen LogP contribution in [-0.4, -0.2) is 36.7 Å². The number of carbonyl (C=O) groups excluding carboxylic acids is 3. The molecule has 0 bridgehead atoms. The number of amides is 3. The third-order valence-corrected chi connectivity index (χ3v) is 6.14. The molecule has 0 radical (unpaired) electrons. The Morgan fingerprint density at radius 3 is 2.42 bits per heavy atom. The van der Waals surface area contributed by atoms with Gasteiger partial charge in [-0.2, -0.15) is 0 Å². The number of hydrogen-bond donors (Lipinski definition) is 4. The number of thiophene rings is 1. The fourth-order valence-electron chi connectivity index (χ4n) is 3.34. The maximum absolute atomic E-state index is 12.0. The van der Waals surface area contributed by atoms with Crippen molar-refractivity contribution in [2.45, 2.75) is 44.2 Å². The van der Waals surface area contributed by atoms with Crippen molar-refractivity contribution in [2.24, 2.45) is 17.2 Å². The van der Waals surface area contributed by atoms with Crippen LogP contribution in [0.1, 0.15) is 41.8 Å². The third-order valence-electron chi connectivity index (χ3n) is 4.94. The Hall–Kier alpha value is -3.11. The van der Waals surface area contributed by atoms with Crippen molar-refractivity contribution in [2.75, 3.05) is 11.9 Å². The first-order valence-corrected chi connectivity index (χ1v) is 10.8. The Balaban J connectivity index is 1.53. The Morgan fingerprint density at radius 2 is 1.81 bits per heavy atom. The van der Waals surface area contributed by atoms with Gasteiger partial charge in [-0.25, -0.2) is 4.79 Å². The van der Waals surface area contributed by atoms with E-state index >= 15 is 0 Å². The minimum absolute atomic E-state index is 0.00182. The van der Waals surface area contributed by atoms with Gasteiger partial charge in [-0.3, -0.25) is 9.59 Å². The van der Waals surface area contributed by atoms with Crippen molar-refractivity contribution < 1.29 is 23.9 Å². The van der Waals surface area contributed by atoms with Crippen LogP contribution in [0.25, 0.3) is 10.4 Å². The van der Waals surface area contributed by atoms with Crippen LogP contribution in [0, 0.1) is 0 Å². The molecule has 10 heteroatoms. The molecule has 1 aromatic heterocycles. The summed E-state index contributed by atoms with van der Waals surface area (Å²) in [5.41, 5.74) is 17.5. The van der Waals surface area contributed by atoms with Crippen LogP contribution in [0.3, 0.4) is 0 Å². The summed E-state index contributed by atoms with van der Waals surface area (Å²) in [5.74, 6) is -0.417. The van der Waals surface area contributed by atoms with Crippen LogP contribution < -0.4 is 27.3 Å². The van der Waals surface area contributed by atoms with E-state index in [1.165, 1.54) is 0 Å². The van der Waals surface area contributed by atoms with E-state index in [1.807, 2.05) is 12.1 Å². The largest absolute Gasteiger partial charge is 0.494 e. The Kier molecular flexibility index (Phi) is 7.48. The van der Waals surface area contributed by atoms with E-state index in [-0.39, 0.29) is 29.2 Å². The Morgan fingerprint density at radius 1 is 1.13 bits per heavy atom. The second-order valence-corrected chi connectivity index (χ2v) is 8.37. The van der Waals surface area contributed by atoms with Crippen LogP contribution >= 0.6 is 11.3 Å². The van der Waals surface area contributed by atoms with Gasteiger partial charge in [0.05, 0.1) is 12.3 Å². The van der Waals surface area contributed by atoms with Crippen LogP contribution in [0.5, 0.6) is 5.75 Å². The van der Waals surface area contributed by atoms with Crippen molar-refractivity contribution in [1.29, 1.82) is 0 Å². The smallest absolute Gasteiger partial charge is 0.323 e. The molecular weight excluding hydrogens is 420 g/mol. The number of ether oxygens (including phenoxy) is 2. The molecule has 9 nitrogen and oxygen atoms in total. The predicted molar refractivity (Wildman–Crippen MR) is 118 cm³/mol. The molecule has 1 saturated carbocycles. The highest BCUT2D eigenvalue weighted by atomic mass is 32.1. The maximum atomic E-state index is 12.0. The molecule has 0 aliphatic heterocycles. The van der Waals surface area contributed by atoms with Crippen molar-refractivity contribution in [1.82, 2.24) is 0 Å². The number of anilines is 1. The first-order chi connectivity index (χ1) is 14.8. The summed E-state index contributed by atoms with van der Waals surface area (Å²) >= 11 is 1.15. The lowest BCUT2D eigenvalue weighted by Gasteiger charge is -2.16. The first kappa shape index (κ1) is 22.6. The van der Waals surface area contributed by atoms with E-state index in [4.69, 9.17) is 26.7 Å². The van der Waals surface area contributed by atoms with Gasteiger partial charge in [0.25, 0.3) is 5.91 Å². The van der Waals surface area contributed by atoms with E-state index in [0.29, 0.717) is 12.2 Å². The molecule has 3 rings (SSSR count). The molecule has 0 spiro atoms. The zero-order valence-corrected chi connectivity index (χ0v) is 17.8.